The van der Waals surface area contributed by atoms with E-state index in [1.165, 1.54) is 16.7 Å². The summed E-state index contributed by atoms with van der Waals surface area (Å²) in [5.41, 5.74) is 8.53. The van der Waals surface area contributed by atoms with E-state index in [-0.39, 0.29) is 5.78 Å². The first-order chi connectivity index (χ1) is 9.49. The molecule has 0 saturated carbocycles. The molecule has 0 aliphatic heterocycles. The molecule has 0 bridgehead atoms. The molecule has 1 aliphatic rings. The van der Waals surface area contributed by atoms with E-state index in [9.17, 15) is 4.79 Å². The number of fused-ring (bicyclic) bond motifs is 2. The van der Waals surface area contributed by atoms with Crippen LogP contribution in [0.1, 0.15) is 49.4 Å². The number of pyridine rings is 1. The lowest BCUT2D eigenvalue weighted by atomic mass is 9.90. The summed E-state index contributed by atoms with van der Waals surface area (Å²) in [5, 5.41) is 0. The van der Waals surface area contributed by atoms with Gasteiger partial charge in [0, 0.05) is 11.8 Å². The van der Waals surface area contributed by atoms with E-state index in [0.717, 1.165) is 35.1 Å². The zero-order chi connectivity index (χ0) is 14.4. The number of carbonyl (C=O) groups excluding carboxylic acids is 1. The van der Waals surface area contributed by atoms with E-state index in [2.05, 4.69) is 31.0 Å². The van der Waals surface area contributed by atoms with Crippen molar-refractivity contribution in [1.82, 2.24) is 4.98 Å². The highest BCUT2D eigenvalue weighted by Gasteiger charge is 2.25. The molecule has 0 saturated heterocycles. The minimum absolute atomic E-state index is 0.0908. The van der Waals surface area contributed by atoms with Crippen LogP contribution < -0.4 is 0 Å². The predicted octanol–water partition coefficient (Wildman–Crippen LogP) is 3.64. The smallest absolute Gasteiger partial charge is 0.212 e. The van der Waals surface area contributed by atoms with Gasteiger partial charge in [-0.15, -0.1) is 0 Å². The molecule has 1 aromatic carbocycles. The monoisotopic (exact) mass is 265 g/mol. The Morgan fingerprint density at radius 2 is 1.75 bits per heavy atom. The quantitative estimate of drug-likeness (QED) is 0.728. The Kier molecular flexibility index (Phi) is 2.97. The van der Waals surface area contributed by atoms with Gasteiger partial charge in [0.05, 0.1) is 0 Å². The van der Waals surface area contributed by atoms with Crippen molar-refractivity contribution in [1.29, 1.82) is 0 Å². The van der Waals surface area contributed by atoms with Gasteiger partial charge in [-0.3, -0.25) is 9.78 Å². The van der Waals surface area contributed by atoms with Crippen LogP contribution in [-0.4, -0.2) is 10.8 Å². The number of aromatic nitrogens is 1. The highest BCUT2D eigenvalue weighted by atomic mass is 16.1. The van der Waals surface area contributed by atoms with Crippen LogP contribution in [0.2, 0.25) is 0 Å². The van der Waals surface area contributed by atoms with Gasteiger partial charge in [0.2, 0.25) is 5.78 Å². The molecule has 0 N–H and O–H groups in total. The number of hydrogen-bond acceptors (Lipinski definition) is 2. The van der Waals surface area contributed by atoms with E-state index in [0.29, 0.717) is 5.69 Å². The SMILES string of the molecule is Cc1cnc2c(c1)CCc1c(C)c(C)cc(C)c1C2=O. The topological polar surface area (TPSA) is 30.0 Å². The average Bonchev–Trinajstić information content (AvgIpc) is 2.54. The molecule has 1 heterocycles. The summed E-state index contributed by atoms with van der Waals surface area (Å²) < 4.78 is 0. The summed E-state index contributed by atoms with van der Waals surface area (Å²) in [5.74, 6) is 0.0908. The Morgan fingerprint density at radius 1 is 1.00 bits per heavy atom. The van der Waals surface area contributed by atoms with Crippen molar-refractivity contribution in [2.75, 3.05) is 0 Å². The lowest BCUT2D eigenvalue weighted by molar-refractivity contribution is 0.103. The van der Waals surface area contributed by atoms with Gasteiger partial charge in [-0.25, -0.2) is 0 Å². The maximum Gasteiger partial charge on any atom is 0.212 e. The van der Waals surface area contributed by atoms with Crippen LogP contribution in [0.4, 0.5) is 0 Å². The van der Waals surface area contributed by atoms with Gasteiger partial charge in [-0.05, 0) is 73.9 Å². The van der Waals surface area contributed by atoms with Gasteiger partial charge >= 0.3 is 0 Å². The molecule has 20 heavy (non-hydrogen) atoms. The second kappa shape index (κ2) is 4.55. The fourth-order valence-electron chi connectivity index (χ4n) is 3.20. The summed E-state index contributed by atoms with van der Waals surface area (Å²) >= 11 is 0. The van der Waals surface area contributed by atoms with Crippen LogP contribution in [0.5, 0.6) is 0 Å². The maximum absolute atomic E-state index is 12.9. The van der Waals surface area contributed by atoms with Crippen LogP contribution in [0.3, 0.4) is 0 Å². The summed E-state index contributed by atoms with van der Waals surface area (Å²) in [6.45, 7) is 8.29. The second-order valence-electron chi connectivity index (χ2n) is 5.84. The van der Waals surface area contributed by atoms with Crippen molar-refractivity contribution < 1.29 is 4.79 Å². The number of carbonyl (C=O) groups is 1. The zero-order valence-electron chi connectivity index (χ0n) is 12.5. The van der Waals surface area contributed by atoms with Crippen LogP contribution in [0, 0.1) is 27.7 Å². The molecule has 1 aromatic heterocycles. The average molecular weight is 265 g/mol. The molecule has 1 aliphatic carbocycles. The van der Waals surface area contributed by atoms with E-state index in [4.69, 9.17) is 0 Å². The van der Waals surface area contributed by atoms with Crippen molar-refractivity contribution in [3.63, 3.8) is 0 Å². The van der Waals surface area contributed by atoms with E-state index in [1.807, 2.05) is 13.8 Å². The van der Waals surface area contributed by atoms with Crippen molar-refractivity contribution in [3.05, 3.63) is 63.0 Å². The minimum atomic E-state index is 0.0908. The van der Waals surface area contributed by atoms with Crippen LogP contribution in [0.25, 0.3) is 0 Å². The number of rotatable bonds is 0. The molecule has 0 amide bonds. The van der Waals surface area contributed by atoms with Crippen molar-refractivity contribution in [2.45, 2.75) is 40.5 Å². The molecular weight excluding hydrogens is 246 g/mol. The van der Waals surface area contributed by atoms with Gasteiger partial charge in [-0.2, -0.15) is 0 Å². The Labute approximate surface area is 119 Å². The molecule has 0 radical (unpaired) electrons. The first-order valence-electron chi connectivity index (χ1n) is 7.09. The van der Waals surface area contributed by atoms with Gasteiger partial charge < -0.3 is 0 Å². The fourth-order valence-corrected chi connectivity index (χ4v) is 3.20. The van der Waals surface area contributed by atoms with Crippen LogP contribution in [0.15, 0.2) is 18.3 Å². The number of nitrogens with zero attached hydrogens (tertiary/aromatic N) is 1. The molecule has 102 valence electrons. The second-order valence-corrected chi connectivity index (χ2v) is 5.84. The molecule has 0 fully saturated rings. The number of benzene rings is 1. The van der Waals surface area contributed by atoms with Gasteiger partial charge in [-0.1, -0.05) is 12.1 Å². The van der Waals surface area contributed by atoms with Crippen molar-refractivity contribution in [3.8, 4) is 0 Å². The Balaban J connectivity index is 2.28. The first kappa shape index (κ1) is 13.0. The maximum atomic E-state index is 12.9. The van der Waals surface area contributed by atoms with Gasteiger partial charge in [0.1, 0.15) is 5.69 Å². The van der Waals surface area contributed by atoms with E-state index < -0.39 is 0 Å². The highest BCUT2D eigenvalue weighted by molar-refractivity contribution is 6.11. The molecule has 0 spiro atoms. The van der Waals surface area contributed by atoms with Crippen molar-refractivity contribution in [2.24, 2.45) is 0 Å². The molecular formula is C18H19NO. The lowest BCUT2D eigenvalue weighted by Gasteiger charge is -2.14. The van der Waals surface area contributed by atoms with Crippen LogP contribution >= 0.6 is 0 Å². The molecule has 2 aromatic rings. The Bertz CT molecular complexity index is 729. The Hall–Kier alpha value is -1.96. The molecule has 0 unspecified atom stereocenters. The fraction of sp³-hybridized carbons (Fsp3) is 0.333. The summed E-state index contributed by atoms with van der Waals surface area (Å²) in [6.07, 6.45) is 3.61. The van der Waals surface area contributed by atoms with Gasteiger partial charge in [0.15, 0.2) is 0 Å². The van der Waals surface area contributed by atoms with Crippen molar-refractivity contribution >= 4 is 5.78 Å². The van der Waals surface area contributed by atoms with Gasteiger partial charge in [0.25, 0.3) is 0 Å². The molecule has 0 atom stereocenters. The first-order valence-corrected chi connectivity index (χ1v) is 7.09. The summed E-state index contributed by atoms with van der Waals surface area (Å²) in [6, 6.07) is 4.22. The number of aryl methyl sites for hydroxylation is 4. The third kappa shape index (κ3) is 1.87. The molecule has 2 heteroatoms. The molecule has 3 rings (SSSR count). The number of hydrogen-bond donors (Lipinski definition) is 0. The largest absolute Gasteiger partial charge is 0.287 e. The summed E-state index contributed by atoms with van der Waals surface area (Å²) in [4.78, 5) is 17.3. The predicted molar refractivity (Wildman–Crippen MR) is 80.5 cm³/mol. The summed E-state index contributed by atoms with van der Waals surface area (Å²) in [7, 11) is 0. The number of ketones is 1. The third-order valence-electron chi connectivity index (χ3n) is 4.36. The normalized spacial score (nSPS) is 13.7. The Morgan fingerprint density at radius 3 is 2.50 bits per heavy atom. The van der Waals surface area contributed by atoms with Crippen LogP contribution in [-0.2, 0) is 12.8 Å². The lowest BCUT2D eigenvalue weighted by Crippen LogP contribution is -2.10. The highest BCUT2D eigenvalue weighted by Crippen LogP contribution is 2.30. The molecule has 2 nitrogen and oxygen atoms in total. The standard InChI is InChI=1S/C18H19NO/c1-10-7-14-5-6-15-13(4)11(2)8-12(3)16(15)18(20)17(14)19-9-10/h7-9H,5-6H2,1-4H3. The van der Waals surface area contributed by atoms with E-state index >= 15 is 0 Å². The minimum Gasteiger partial charge on any atom is -0.287 e. The zero-order valence-corrected chi connectivity index (χ0v) is 12.5. The van der Waals surface area contributed by atoms with E-state index in [1.54, 1.807) is 6.20 Å². The third-order valence-corrected chi connectivity index (χ3v) is 4.36.